The summed E-state index contributed by atoms with van der Waals surface area (Å²) in [6, 6.07) is 8.81. The predicted molar refractivity (Wildman–Crippen MR) is 85.7 cm³/mol. The highest BCUT2D eigenvalue weighted by Crippen LogP contribution is 2.28. The van der Waals surface area contributed by atoms with Crippen LogP contribution in [0.25, 0.3) is 6.08 Å². The van der Waals surface area contributed by atoms with Crippen molar-refractivity contribution in [3.05, 3.63) is 36.4 Å². The molecule has 0 saturated heterocycles. The van der Waals surface area contributed by atoms with Crippen LogP contribution in [0.2, 0.25) is 39.3 Å². The lowest BCUT2D eigenvalue weighted by Crippen LogP contribution is -2.59. The van der Waals surface area contributed by atoms with Gasteiger partial charge in [-0.15, -0.1) is 0 Å². The number of hydrogen-bond donors (Lipinski definition) is 0. The number of anilines is 1. The van der Waals surface area contributed by atoms with E-state index in [4.69, 9.17) is 0 Å². The molecule has 0 radical (unpaired) electrons. The first kappa shape index (κ1) is 14.3. The van der Waals surface area contributed by atoms with E-state index in [9.17, 15) is 0 Å². The van der Waals surface area contributed by atoms with E-state index in [-0.39, 0.29) is 0 Å². The number of benzene rings is 1. The standard InChI is InChI=1S/C14H25NSi2/c1-8-13-9-11-14(12-10-13)15(16(2,3)4)17(5,6)7/h8-12H,1H2,2-7H3. The van der Waals surface area contributed by atoms with Gasteiger partial charge < -0.3 is 4.23 Å². The SMILES string of the molecule is C=Cc1ccc(N([Si](C)(C)C)[Si](C)(C)C)cc1. The first-order valence-electron chi connectivity index (χ1n) is 6.19. The molecule has 0 heterocycles. The second kappa shape index (κ2) is 4.82. The maximum absolute atomic E-state index is 3.81. The average Bonchev–Trinajstić information content (AvgIpc) is 2.14. The van der Waals surface area contributed by atoms with E-state index in [1.54, 1.807) is 0 Å². The quantitative estimate of drug-likeness (QED) is 0.705. The van der Waals surface area contributed by atoms with Gasteiger partial charge in [-0.25, -0.2) is 0 Å². The van der Waals surface area contributed by atoms with Crippen molar-refractivity contribution in [3.63, 3.8) is 0 Å². The summed E-state index contributed by atoms with van der Waals surface area (Å²) in [4.78, 5) is 0. The predicted octanol–water partition coefficient (Wildman–Crippen LogP) is 4.81. The molecule has 94 valence electrons. The van der Waals surface area contributed by atoms with Crippen LogP contribution in [0.5, 0.6) is 0 Å². The van der Waals surface area contributed by atoms with Gasteiger partial charge in [-0.1, -0.05) is 64.1 Å². The Morgan fingerprint density at radius 3 is 1.59 bits per heavy atom. The fourth-order valence-electron chi connectivity index (χ4n) is 2.54. The number of nitrogens with zero attached hydrogens (tertiary/aromatic N) is 1. The van der Waals surface area contributed by atoms with Crippen LogP contribution in [-0.4, -0.2) is 16.5 Å². The third-order valence-electron chi connectivity index (χ3n) is 2.73. The Morgan fingerprint density at radius 2 is 1.29 bits per heavy atom. The molecule has 1 aromatic carbocycles. The highest BCUT2D eigenvalue weighted by atomic mass is 28.4. The molecule has 1 aromatic rings. The zero-order chi connectivity index (χ0) is 13.3. The van der Waals surface area contributed by atoms with E-state index >= 15 is 0 Å². The van der Waals surface area contributed by atoms with Crippen LogP contribution in [0.15, 0.2) is 30.8 Å². The van der Waals surface area contributed by atoms with Gasteiger partial charge in [-0.05, 0) is 17.7 Å². The molecule has 0 fully saturated rings. The van der Waals surface area contributed by atoms with Gasteiger partial charge in [-0.3, -0.25) is 0 Å². The second-order valence-electron chi connectivity index (χ2n) is 6.47. The van der Waals surface area contributed by atoms with Crippen molar-refractivity contribution in [1.29, 1.82) is 0 Å². The minimum atomic E-state index is -1.32. The topological polar surface area (TPSA) is 3.24 Å². The van der Waals surface area contributed by atoms with Gasteiger partial charge in [0.1, 0.15) is 16.5 Å². The van der Waals surface area contributed by atoms with Crippen LogP contribution in [0.4, 0.5) is 5.69 Å². The van der Waals surface area contributed by atoms with Crippen LogP contribution in [0.1, 0.15) is 5.56 Å². The minimum absolute atomic E-state index is 1.19. The molecule has 0 aliphatic rings. The van der Waals surface area contributed by atoms with E-state index in [0.29, 0.717) is 0 Å². The van der Waals surface area contributed by atoms with Gasteiger partial charge >= 0.3 is 0 Å². The summed E-state index contributed by atoms with van der Waals surface area (Å²) in [6.07, 6.45) is 1.90. The van der Waals surface area contributed by atoms with E-state index in [1.165, 1.54) is 11.3 Å². The zero-order valence-corrected chi connectivity index (χ0v) is 14.0. The Balaban J connectivity index is 3.19. The van der Waals surface area contributed by atoms with Crippen LogP contribution < -0.4 is 4.23 Å². The number of rotatable bonds is 4. The molecule has 0 amide bonds. The van der Waals surface area contributed by atoms with Gasteiger partial charge in [0.05, 0.1) is 0 Å². The summed E-state index contributed by atoms with van der Waals surface area (Å²) in [5, 5.41) is 0. The molecule has 0 atom stereocenters. The second-order valence-corrected chi connectivity index (χ2v) is 16.5. The van der Waals surface area contributed by atoms with Crippen molar-refractivity contribution in [2.24, 2.45) is 0 Å². The molecule has 0 saturated carbocycles. The van der Waals surface area contributed by atoms with E-state index in [1.807, 2.05) is 6.08 Å². The highest BCUT2D eigenvalue weighted by Gasteiger charge is 2.34. The third-order valence-corrected chi connectivity index (χ3v) is 9.95. The van der Waals surface area contributed by atoms with Crippen molar-refractivity contribution in [2.45, 2.75) is 39.3 Å². The lowest BCUT2D eigenvalue weighted by molar-refractivity contribution is 1.35. The molecule has 1 rings (SSSR count). The van der Waals surface area contributed by atoms with Gasteiger partial charge in [0.25, 0.3) is 0 Å². The van der Waals surface area contributed by atoms with Crippen LogP contribution >= 0.6 is 0 Å². The molecule has 17 heavy (non-hydrogen) atoms. The fraction of sp³-hybridized carbons (Fsp3) is 0.429. The molecule has 0 N–H and O–H groups in total. The Kier molecular flexibility index (Phi) is 4.04. The molecule has 0 spiro atoms. The maximum Gasteiger partial charge on any atom is 0.138 e. The van der Waals surface area contributed by atoms with E-state index < -0.39 is 16.5 Å². The van der Waals surface area contributed by atoms with Gasteiger partial charge in [-0.2, -0.15) is 0 Å². The maximum atomic E-state index is 3.81. The summed E-state index contributed by atoms with van der Waals surface area (Å²) in [7, 11) is -2.64. The lowest BCUT2D eigenvalue weighted by atomic mass is 10.2. The summed E-state index contributed by atoms with van der Waals surface area (Å²) < 4.78 is 2.73. The van der Waals surface area contributed by atoms with Crippen LogP contribution in [0.3, 0.4) is 0 Å². The first-order chi connectivity index (χ1) is 7.66. The molecule has 0 bridgehead atoms. The van der Waals surface area contributed by atoms with E-state index in [0.717, 1.165) is 0 Å². The normalized spacial score (nSPS) is 12.4. The molecule has 0 unspecified atom stereocenters. The smallest absolute Gasteiger partial charge is 0.138 e. The lowest BCUT2D eigenvalue weighted by Gasteiger charge is -2.46. The van der Waals surface area contributed by atoms with Gasteiger partial charge in [0, 0.05) is 5.69 Å². The zero-order valence-electron chi connectivity index (χ0n) is 12.0. The van der Waals surface area contributed by atoms with Crippen LogP contribution in [0, 0.1) is 0 Å². The van der Waals surface area contributed by atoms with Crippen LogP contribution in [-0.2, 0) is 0 Å². The third kappa shape index (κ3) is 3.58. The minimum Gasteiger partial charge on any atom is -0.425 e. The van der Waals surface area contributed by atoms with Crippen molar-refractivity contribution < 1.29 is 0 Å². The Labute approximate surface area is 108 Å². The highest BCUT2D eigenvalue weighted by molar-refractivity contribution is 6.99. The summed E-state index contributed by atoms with van der Waals surface area (Å²) in [5.41, 5.74) is 2.58. The van der Waals surface area contributed by atoms with Crippen molar-refractivity contribution in [3.8, 4) is 0 Å². The monoisotopic (exact) mass is 263 g/mol. The first-order valence-corrected chi connectivity index (χ1v) is 13.1. The fourth-order valence-corrected chi connectivity index (χ4v) is 12.4. The average molecular weight is 264 g/mol. The number of hydrogen-bond acceptors (Lipinski definition) is 1. The Bertz CT molecular complexity index is 368. The Morgan fingerprint density at radius 1 is 0.882 bits per heavy atom. The molecule has 0 aliphatic heterocycles. The molecular formula is C14H25NSi2. The van der Waals surface area contributed by atoms with Crippen molar-refractivity contribution >= 4 is 28.2 Å². The molecule has 0 aromatic heterocycles. The molecule has 0 aliphatic carbocycles. The molecule has 3 heteroatoms. The summed E-state index contributed by atoms with van der Waals surface area (Å²) in [5.74, 6) is 0. The van der Waals surface area contributed by atoms with Crippen molar-refractivity contribution in [1.82, 2.24) is 0 Å². The summed E-state index contributed by atoms with van der Waals surface area (Å²) in [6.45, 7) is 18.3. The van der Waals surface area contributed by atoms with Gasteiger partial charge in [0.15, 0.2) is 0 Å². The summed E-state index contributed by atoms with van der Waals surface area (Å²) >= 11 is 0. The largest absolute Gasteiger partial charge is 0.425 e. The van der Waals surface area contributed by atoms with E-state index in [2.05, 4.69) is 74.4 Å². The van der Waals surface area contributed by atoms with Crippen molar-refractivity contribution in [2.75, 3.05) is 4.23 Å². The molecule has 1 nitrogen and oxygen atoms in total. The van der Waals surface area contributed by atoms with Gasteiger partial charge in [0.2, 0.25) is 0 Å². The Hall–Kier alpha value is -0.806. The molecular weight excluding hydrogens is 238 g/mol.